The van der Waals surface area contributed by atoms with Crippen LogP contribution >= 0.6 is 0 Å². The van der Waals surface area contributed by atoms with E-state index in [1.54, 1.807) is 6.08 Å². The summed E-state index contributed by atoms with van der Waals surface area (Å²) in [6.45, 7) is 4.34. The highest BCUT2D eigenvalue weighted by molar-refractivity contribution is 5.94. The molecule has 0 aliphatic heterocycles. The fourth-order valence-corrected chi connectivity index (χ4v) is 8.21. The van der Waals surface area contributed by atoms with Gasteiger partial charge in [0.05, 0.1) is 16.8 Å². The lowest BCUT2D eigenvalue weighted by atomic mass is 9.47. The highest BCUT2D eigenvalue weighted by Crippen LogP contribution is 2.66. The molecule has 1 aromatic rings. The number of halogens is 6. The van der Waals surface area contributed by atoms with E-state index in [9.17, 15) is 35.9 Å². The molecule has 6 atom stereocenters. The van der Waals surface area contributed by atoms with Crippen LogP contribution in [0.5, 0.6) is 0 Å². The first-order valence-electron chi connectivity index (χ1n) is 13.0. The van der Waals surface area contributed by atoms with Crippen LogP contribution in [0.4, 0.5) is 32.0 Å². The number of rotatable bonds is 2. The maximum Gasteiger partial charge on any atom is 0.418 e. The Morgan fingerprint density at radius 3 is 2.32 bits per heavy atom. The molecule has 1 unspecified atom stereocenters. The summed E-state index contributed by atoms with van der Waals surface area (Å²) in [5.74, 6) is -0.687. The van der Waals surface area contributed by atoms with E-state index in [0.29, 0.717) is 31.0 Å². The first kappa shape index (κ1) is 26.3. The van der Waals surface area contributed by atoms with E-state index < -0.39 is 41.0 Å². The lowest BCUT2D eigenvalue weighted by Gasteiger charge is -2.58. The van der Waals surface area contributed by atoms with Crippen LogP contribution in [0.2, 0.25) is 0 Å². The number of benzene rings is 1. The summed E-state index contributed by atoms with van der Waals surface area (Å²) >= 11 is 0. The number of carbonyl (C=O) groups excluding carboxylic acids is 2. The molecule has 5 rings (SSSR count). The van der Waals surface area contributed by atoms with Crippen molar-refractivity contribution in [2.75, 3.05) is 5.32 Å². The van der Waals surface area contributed by atoms with E-state index in [0.717, 1.165) is 38.5 Å². The van der Waals surface area contributed by atoms with E-state index in [4.69, 9.17) is 0 Å². The van der Waals surface area contributed by atoms with Gasteiger partial charge in [0.15, 0.2) is 5.78 Å². The van der Waals surface area contributed by atoms with E-state index in [1.165, 1.54) is 5.57 Å². The van der Waals surface area contributed by atoms with Gasteiger partial charge in [0.1, 0.15) is 0 Å². The zero-order valence-corrected chi connectivity index (χ0v) is 20.9. The van der Waals surface area contributed by atoms with Crippen molar-refractivity contribution in [2.45, 2.75) is 77.6 Å². The second kappa shape index (κ2) is 8.60. The van der Waals surface area contributed by atoms with Crippen LogP contribution in [0.25, 0.3) is 0 Å². The molecule has 1 N–H and O–H groups in total. The predicted octanol–water partition coefficient (Wildman–Crippen LogP) is 7.81. The SMILES string of the molecule is C[C@@]12CCC(C(=O)Nc3cc(C(F)(F)F)ccc3C(F)(F)F)[C@H]1[C@@H]1CCC3=CC(=O)CC[C@]3(C)[C@H]1CC2. The van der Waals surface area contributed by atoms with Gasteiger partial charge in [-0.15, -0.1) is 0 Å². The van der Waals surface area contributed by atoms with Crippen LogP contribution in [0.15, 0.2) is 29.8 Å². The van der Waals surface area contributed by atoms with Gasteiger partial charge in [-0.2, -0.15) is 26.3 Å². The van der Waals surface area contributed by atoms with Gasteiger partial charge in [0.2, 0.25) is 5.91 Å². The number of carbonyl (C=O) groups is 2. The van der Waals surface area contributed by atoms with Crippen LogP contribution in [0.3, 0.4) is 0 Å². The molecule has 0 spiro atoms. The van der Waals surface area contributed by atoms with Crippen LogP contribution in [0, 0.1) is 34.5 Å². The number of hydrogen-bond acceptors (Lipinski definition) is 2. The maximum atomic E-state index is 13.6. The lowest BCUT2D eigenvalue weighted by Crippen LogP contribution is -2.51. The Labute approximate surface area is 212 Å². The van der Waals surface area contributed by atoms with Crippen LogP contribution in [0.1, 0.15) is 76.3 Å². The summed E-state index contributed by atoms with van der Waals surface area (Å²) < 4.78 is 80.7. The van der Waals surface area contributed by atoms with Crippen molar-refractivity contribution in [3.63, 3.8) is 0 Å². The average Bonchev–Trinajstić information content (AvgIpc) is 3.16. The van der Waals surface area contributed by atoms with Crippen molar-refractivity contribution < 1.29 is 35.9 Å². The monoisotopic (exact) mass is 527 g/mol. The maximum absolute atomic E-state index is 13.6. The standard InChI is InChI=1S/C28H31F6NO2/c1-25-10-8-19(24(37)35-22-14-16(27(29,30)31)4-6-21(22)28(32,33)34)23(25)18-5-3-15-13-17(36)7-12-26(15,2)20(18)9-11-25/h4,6,13-14,18-20,23H,3,5,7-12H2,1-2H3,(H,35,37)/t18-,19?,20+,23-,25+,26+/m1/s1. The molecule has 0 aromatic heterocycles. The number of allylic oxidation sites excluding steroid dienone is 1. The van der Waals surface area contributed by atoms with Gasteiger partial charge in [-0.25, -0.2) is 0 Å². The van der Waals surface area contributed by atoms with Crippen LogP contribution in [-0.4, -0.2) is 11.7 Å². The second-order valence-electron chi connectivity index (χ2n) is 12.0. The molecule has 3 fully saturated rings. The quantitative estimate of drug-likeness (QED) is 0.399. The van der Waals surface area contributed by atoms with Crippen molar-refractivity contribution in [3.8, 4) is 0 Å². The number of amides is 1. The van der Waals surface area contributed by atoms with E-state index in [1.807, 2.05) is 0 Å². The summed E-state index contributed by atoms with van der Waals surface area (Å²) in [6.07, 6.45) is -2.03. The molecule has 3 nitrogen and oxygen atoms in total. The second-order valence-corrected chi connectivity index (χ2v) is 12.0. The summed E-state index contributed by atoms with van der Waals surface area (Å²) in [4.78, 5) is 25.6. The Morgan fingerprint density at radius 2 is 1.65 bits per heavy atom. The van der Waals surface area contributed by atoms with Gasteiger partial charge >= 0.3 is 12.4 Å². The highest BCUT2D eigenvalue weighted by atomic mass is 19.4. The number of hydrogen-bond donors (Lipinski definition) is 1. The number of nitrogens with one attached hydrogen (secondary N) is 1. The topological polar surface area (TPSA) is 46.2 Å². The van der Waals surface area contributed by atoms with E-state index in [2.05, 4.69) is 19.2 Å². The van der Waals surface area contributed by atoms with Crippen LogP contribution in [-0.2, 0) is 21.9 Å². The third-order valence-corrected chi connectivity index (χ3v) is 10.0. The predicted molar refractivity (Wildman–Crippen MR) is 125 cm³/mol. The summed E-state index contributed by atoms with van der Waals surface area (Å²) in [5, 5.41) is 2.27. The average molecular weight is 528 g/mol. The van der Waals surface area contributed by atoms with Crippen molar-refractivity contribution in [1.29, 1.82) is 0 Å². The Kier molecular flexibility index (Phi) is 6.11. The number of alkyl halides is 6. The minimum atomic E-state index is -4.91. The summed E-state index contributed by atoms with van der Waals surface area (Å²) in [6, 6.07) is 1.16. The summed E-state index contributed by atoms with van der Waals surface area (Å²) in [5.41, 5.74) is -2.48. The van der Waals surface area contributed by atoms with Gasteiger partial charge in [0, 0.05) is 12.3 Å². The Morgan fingerprint density at radius 1 is 0.946 bits per heavy atom. The van der Waals surface area contributed by atoms with Crippen molar-refractivity contribution in [3.05, 3.63) is 41.0 Å². The van der Waals surface area contributed by atoms with Crippen molar-refractivity contribution in [1.82, 2.24) is 0 Å². The molecule has 1 amide bonds. The van der Waals surface area contributed by atoms with Gasteiger partial charge in [-0.1, -0.05) is 19.4 Å². The molecule has 0 bridgehead atoms. The molecular weight excluding hydrogens is 496 g/mol. The fourth-order valence-electron chi connectivity index (χ4n) is 8.21. The molecular formula is C28H31F6NO2. The van der Waals surface area contributed by atoms with Gasteiger partial charge in [0.25, 0.3) is 0 Å². The number of ketones is 1. The minimum Gasteiger partial charge on any atom is -0.325 e. The Hall–Kier alpha value is -2.32. The molecule has 1 aromatic carbocycles. The first-order chi connectivity index (χ1) is 17.1. The lowest BCUT2D eigenvalue weighted by molar-refractivity contribution is -0.141. The van der Waals surface area contributed by atoms with Gasteiger partial charge in [-0.3, -0.25) is 9.59 Å². The molecule has 202 valence electrons. The zero-order valence-electron chi connectivity index (χ0n) is 20.9. The van der Waals surface area contributed by atoms with E-state index >= 15 is 0 Å². The highest BCUT2D eigenvalue weighted by Gasteiger charge is 2.60. The molecule has 0 radical (unpaired) electrons. The third-order valence-electron chi connectivity index (χ3n) is 10.0. The molecule has 0 heterocycles. The van der Waals surface area contributed by atoms with Crippen molar-refractivity contribution >= 4 is 17.4 Å². The minimum absolute atomic E-state index is 0.0672. The Bertz CT molecular complexity index is 1150. The Balaban J connectivity index is 1.46. The molecule has 4 aliphatic carbocycles. The third kappa shape index (κ3) is 4.40. The molecule has 3 saturated carbocycles. The molecule has 9 heteroatoms. The molecule has 0 saturated heterocycles. The van der Waals surface area contributed by atoms with Crippen molar-refractivity contribution in [2.24, 2.45) is 34.5 Å². The van der Waals surface area contributed by atoms with Gasteiger partial charge < -0.3 is 5.32 Å². The smallest absolute Gasteiger partial charge is 0.325 e. The molecule has 37 heavy (non-hydrogen) atoms. The fraction of sp³-hybridized carbons (Fsp3) is 0.643. The molecule has 4 aliphatic rings. The number of fused-ring (bicyclic) bond motifs is 5. The van der Waals surface area contributed by atoms with Gasteiger partial charge in [-0.05, 0) is 97.8 Å². The number of anilines is 1. The van der Waals surface area contributed by atoms with Crippen LogP contribution < -0.4 is 5.32 Å². The summed E-state index contributed by atoms with van der Waals surface area (Å²) in [7, 11) is 0. The largest absolute Gasteiger partial charge is 0.418 e. The zero-order chi connectivity index (χ0) is 27.0. The normalized spacial score (nSPS) is 35.8. The first-order valence-corrected chi connectivity index (χ1v) is 13.0. The van der Waals surface area contributed by atoms with E-state index in [-0.39, 0.29) is 34.4 Å².